The van der Waals surface area contributed by atoms with Crippen molar-refractivity contribution in [1.29, 1.82) is 0 Å². The minimum absolute atomic E-state index is 0. The number of aromatic nitrogens is 3. The Balaban J connectivity index is -0.000000356. The SMILES string of the molecule is CCC([NH3+])(CC)Cc1cn(C)nn1.O=C=O.O=C=O.[Cl-]. The van der Waals surface area contributed by atoms with Crippen LogP contribution in [0.15, 0.2) is 6.20 Å². The molecule has 0 amide bonds. The lowest BCUT2D eigenvalue weighted by Crippen LogP contribution is -3.00. The molecular formula is C11H19ClN4O4. The Morgan fingerprint density at radius 1 is 1.20 bits per heavy atom. The van der Waals surface area contributed by atoms with Gasteiger partial charge in [0.05, 0.1) is 11.2 Å². The van der Waals surface area contributed by atoms with E-state index in [0.29, 0.717) is 0 Å². The molecule has 0 fully saturated rings. The summed E-state index contributed by atoms with van der Waals surface area (Å²) in [5.74, 6) is 0. The van der Waals surface area contributed by atoms with Crippen molar-refractivity contribution >= 4 is 12.3 Å². The maximum absolute atomic E-state index is 8.12. The first-order chi connectivity index (χ1) is 8.92. The number of hydrogen-bond donors (Lipinski definition) is 1. The predicted octanol–water partition coefficient (Wildman–Crippen LogP) is -4.00. The summed E-state index contributed by atoms with van der Waals surface area (Å²) in [5.41, 5.74) is 5.41. The zero-order chi connectivity index (χ0) is 15.3. The summed E-state index contributed by atoms with van der Waals surface area (Å²) in [5, 5.41) is 7.98. The van der Waals surface area contributed by atoms with Crippen LogP contribution in [0.3, 0.4) is 0 Å². The van der Waals surface area contributed by atoms with Gasteiger partial charge in [0.1, 0.15) is 0 Å². The van der Waals surface area contributed by atoms with Crippen molar-refractivity contribution in [2.45, 2.75) is 38.6 Å². The number of halogens is 1. The molecule has 1 heterocycles. The summed E-state index contributed by atoms with van der Waals surface area (Å²) in [6.45, 7) is 4.35. The Morgan fingerprint density at radius 2 is 1.60 bits per heavy atom. The molecule has 3 N–H and O–H groups in total. The summed E-state index contributed by atoms with van der Waals surface area (Å²) in [6, 6.07) is 0. The van der Waals surface area contributed by atoms with Crippen molar-refractivity contribution in [1.82, 2.24) is 15.0 Å². The zero-order valence-electron chi connectivity index (χ0n) is 11.8. The average molecular weight is 307 g/mol. The molecule has 20 heavy (non-hydrogen) atoms. The predicted molar refractivity (Wildman–Crippen MR) is 60.9 cm³/mol. The van der Waals surface area contributed by atoms with Gasteiger partial charge in [-0.25, -0.2) is 0 Å². The fourth-order valence-electron chi connectivity index (χ4n) is 1.36. The number of rotatable bonds is 4. The summed E-state index contributed by atoms with van der Waals surface area (Å²) in [4.78, 5) is 32.5. The van der Waals surface area contributed by atoms with Crippen LogP contribution < -0.4 is 18.1 Å². The molecule has 1 rings (SSSR count). The topological polar surface area (TPSA) is 127 Å². The molecule has 1 aromatic heterocycles. The number of quaternary nitrogens is 1. The molecule has 114 valence electrons. The molecule has 0 saturated heterocycles. The maximum atomic E-state index is 8.12. The highest BCUT2D eigenvalue weighted by Gasteiger charge is 2.26. The van der Waals surface area contributed by atoms with Gasteiger partial charge in [0.25, 0.3) is 0 Å². The highest BCUT2D eigenvalue weighted by molar-refractivity contribution is 5.20. The van der Waals surface area contributed by atoms with E-state index in [1.807, 2.05) is 13.2 Å². The van der Waals surface area contributed by atoms with Crippen molar-refractivity contribution in [3.63, 3.8) is 0 Å². The third kappa shape index (κ3) is 11.3. The second-order valence-corrected chi connectivity index (χ2v) is 3.93. The van der Waals surface area contributed by atoms with Gasteiger partial charge in [-0.05, 0) is 12.8 Å². The summed E-state index contributed by atoms with van der Waals surface area (Å²) in [7, 11) is 1.89. The molecule has 8 nitrogen and oxygen atoms in total. The van der Waals surface area contributed by atoms with E-state index in [-0.39, 0.29) is 30.2 Å². The number of hydrogen-bond acceptors (Lipinski definition) is 6. The molecule has 0 atom stereocenters. The van der Waals surface area contributed by atoms with Crippen LogP contribution in [0.4, 0.5) is 0 Å². The van der Waals surface area contributed by atoms with Crippen LogP contribution in [0.25, 0.3) is 0 Å². The fraction of sp³-hybridized carbons (Fsp3) is 0.636. The Bertz CT molecular complexity index is 408. The maximum Gasteiger partial charge on any atom is 0.373 e. The largest absolute Gasteiger partial charge is 1.00 e. The number of carbonyl (C=O) groups excluding carboxylic acids is 4. The second kappa shape index (κ2) is 13.6. The van der Waals surface area contributed by atoms with Crippen molar-refractivity contribution in [2.24, 2.45) is 7.05 Å². The molecule has 0 spiro atoms. The Morgan fingerprint density at radius 3 is 1.85 bits per heavy atom. The van der Waals surface area contributed by atoms with Gasteiger partial charge < -0.3 is 18.1 Å². The van der Waals surface area contributed by atoms with E-state index in [9.17, 15) is 0 Å². The molecule has 0 bridgehead atoms. The molecule has 0 saturated carbocycles. The summed E-state index contributed by atoms with van der Waals surface area (Å²) < 4.78 is 1.74. The van der Waals surface area contributed by atoms with Crippen LogP contribution in [0.2, 0.25) is 0 Å². The molecule has 0 aromatic carbocycles. The molecular weight excluding hydrogens is 288 g/mol. The first-order valence-corrected chi connectivity index (χ1v) is 5.62. The molecule has 9 heteroatoms. The van der Waals surface area contributed by atoms with Crippen molar-refractivity contribution in [3.05, 3.63) is 11.9 Å². The molecule has 0 unspecified atom stereocenters. The van der Waals surface area contributed by atoms with Crippen LogP contribution >= 0.6 is 0 Å². The van der Waals surface area contributed by atoms with Gasteiger partial charge in [0.15, 0.2) is 0 Å². The van der Waals surface area contributed by atoms with Crippen LogP contribution in [0, 0.1) is 0 Å². The lowest BCUT2D eigenvalue weighted by molar-refractivity contribution is -0.479. The van der Waals surface area contributed by atoms with Gasteiger partial charge in [-0.2, -0.15) is 19.2 Å². The molecule has 0 aliphatic heterocycles. The van der Waals surface area contributed by atoms with Crippen molar-refractivity contribution < 1.29 is 37.3 Å². The van der Waals surface area contributed by atoms with Gasteiger partial charge in [-0.3, -0.25) is 4.68 Å². The van der Waals surface area contributed by atoms with Crippen LogP contribution in [0.1, 0.15) is 32.4 Å². The van der Waals surface area contributed by atoms with Crippen LogP contribution in [0.5, 0.6) is 0 Å². The van der Waals surface area contributed by atoms with Gasteiger partial charge in [-0.1, -0.05) is 19.1 Å². The van der Waals surface area contributed by atoms with Crippen molar-refractivity contribution in [2.75, 3.05) is 0 Å². The normalized spacial score (nSPS) is 8.60. The standard InChI is InChI=1S/C9H18N4.2CO2.ClH/c1-4-9(10,5-2)6-8-7-13(3)12-11-8;2*2-1-3;/h7H,4-6,10H2,1-3H3;;;1H. The molecule has 1 aromatic rings. The summed E-state index contributed by atoms with van der Waals surface area (Å²) >= 11 is 0. The lowest BCUT2D eigenvalue weighted by Gasteiger charge is -2.20. The first-order valence-electron chi connectivity index (χ1n) is 5.62. The first kappa shape index (κ1) is 23.3. The summed E-state index contributed by atoms with van der Waals surface area (Å²) in [6.07, 6.45) is 5.55. The van der Waals surface area contributed by atoms with E-state index in [2.05, 4.69) is 29.9 Å². The number of nitrogens with zero attached hydrogens (tertiary/aromatic N) is 3. The molecule has 0 aliphatic carbocycles. The fourth-order valence-corrected chi connectivity index (χ4v) is 1.36. The number of aryl methyl sites for hydroxylation is 1. The quantitative estimate of drug-likeness (QED) is 0.604. The Hall–Kier alpha value is -1.85. The molecule has 0 radical (unpaired) electrons. The molecule has 0 aliphatic rings. The average Bonchev–Trinajstić information content (AvgIpc) is 2.76. The smallest absolute Gasteiger partial charge is 0.373 e. The van der Waals surface area contributed by atoms with E-state index >= 15 is 0 Å². The van der Waals surface area contributed by atoms with Crippen LogP contribution in [-0.4, -0.2) is 32.8 Å². The van der Waals surface area contributed by atoms with Crippen LogP contribution in [-0.2, 0) is 32.6 Å². The highest BCUT2D eigenvalue weighted by atomic mass is 35.5. The van der Waals surface area contributed by atoms with E-state index in [1.54, 1.807) is 4.68 Å². The van der Waals surface area contributed by atoms with Gasteiger partial charge >= 0.3 is 12.3 Å². The van der Waals surface area contributed by atoms with E-state index in [4.69, 9.17) is 19.2 Å². The third-order valence-electron chi connectivity index (χ3n) is 2.71. The Labute approximate surface area is 123 Å². The Kier molecular flexibility index (Phi) is 15.8. The monoisotopic (exact) mass is 306 g/mol. The van der Waals surface area contributed by atoms with E-state index < -0.39 is 0 Å². The van der Waals surface area contributed by atoms with E-state index in [0.717, 1.165) is 25.0 Å². The highest BCUT2D eigenvalue weighted by Crippen LogP contribution is 2.14. The van der Waals surface area contributed by atoms with Gasteiger partial charge in [-0.15, -0.1) is 5.10 Å². The lowest BCUT2D eigenvalue weighted by atomic mass is 9.89. The van der Waals surface area contributed by atoms with E-state index in [1.165, 1.54) is 0 Å². The third-order valence-corrected chi connectivity index (χ3v) is 2.71. The second-order valence-electron chi connectivity index (χ2n) is 3.93. The van der Waals surface area contributed by atoms with Gasteiger partial charge in [0, 0.05) is 19.7 Å². The van der Waals surface area contributed by atoms with Gasteiger partial charge in [0.2, 0.25) is 0 Å². The van der Waals surface area contributed by atoms with Crippen molar-refractivity contribution in [3.8, 4) is 0 Å². The minimum Gasteiger partial charge on any atom is -1.00 e. The minimum atomic E-state index is 0. The zero-order valence-corrected chi connectivity index (χ0v) is 12.5.